The first-order valence-corrected chi connectivity index (χ1v) is 7.99. The lowest BCUT2D eigenvalue weighted by Gasteiger charge is -2.11. The number of ether oxygens (including phenoxy) is 3. The molecule has 7 nitrogen and oxygen atoms in total. The topological polar surface area (TPSA) is 94.7 Å². The van der Waals surface area contributed by atoms with Gasteiger partial charge in [0.05, 0.1) is 27.1 Å². The Balaban J connectivity index is 1.75. The van der Waals surface area contributed by atoms with Gasteiger partial charge in [-0.2, -0.15) is 0 Å². The van der Waals surface area contributed by atoms with Gasteiger partial charge in [-0.15, -0.1) is 0 Å². The molecule has 0 unspecified atom stereocenters. The van der Waals surface area contributed by atoms with E-state index in [0.717, 1.165) is 11.3 Å². The summed E-state index contributed by atoms with van der Waals surface area (Å²) in [6, 6.07) is 8.96. The van der Waals surface area contributed by atoms with Gasteiger partial charge in [0, 0.05) is 5.56 Å². The number of carbonyl (C=O) groups excluding carboxylic acids is 1. The SMILES string of the molecule is COC(=O)c1cc(C[NH2+]C[C@@H](O)COCc2ccco2)ccc1OC. The molecule has 0 aliphatic heterocycles. The smallest absolute Gasteiger partial charge is 0.341 e. The normalized spacial score (nSPS) is 12.0. The average molecular weight is 350 g/mol. The largest absolute Gasteiger partial charge is 0.496 e. The van der Waals surface area contributed by atoms with E-state index >= 15 is 0 Å². The summed E-state index contributed by atoms with van der Waals surface area (Å²) in [7, 11) is 2.84. The van der Waals surface area contributed by atoms with E-state index in [4.69, 9.17) is 18.6 Å². The van der Waals surface area contributed by atoms with E-state index in [1.807, 2.05) is 17.4 Å². The van der Waals surface area contributed by atoms with Crippen molar-refractivity contribution in [2.24, 2.45) is 0 Å². The van der Waals surface area contributed by atoms with Gasteiger partial charge in [0.15, 0.2) is 0 Å². The number of aliphatic hydroxyl groups is 1. The van der Waals surface area contributed by atoms with E-state index < -0.39 is 12.1 Å². The Morgan fingerprint density at radius 2 is 2.16 bits per heavy atom. The Kier molecular flexibility index (Phi) is 7.46. The minimum Gasteiger partial charge on any atom is -0.496 e. The fourth-order valence-corrected chi connectivity index (χ4v) is 2.35. The van der Waals surface area contributed by atoms with Gasteiger partial charge in [0.2, 0.25) is 0 Å². The molecule has 0 radical (unpaired) electrons. The van der Waals surface area contributed by atoms with Gasteiger partial charge >= 0.3 is 5.97 Å². The number of hydrogen-bond donors (Lipinski definition) is 2. The summed E-state index contributed by atoms with van der Waals surface area (Å²) in [5, 5.41) is 11.9. The molecule has 3 N–H and O–H groups in total. The van der Waals surface area contributed by atoms with Crippen molar-refractivity contribution in [3.05, 3.63) is 53.5 Å². The van der Waals surface area contributed by atoms with Crippen molar-refractivity contribution in [2.75, 3.05) is 27.4 Å². The van der Waals surface area contributed by atoms with Crippen LogP contribution in [0.1, 0.15) is 21.7 Å². The fraction of sp³-hybridized carbons (Fsp3) is 0.389. The highest BCUT2D eigenvalue weighted by Gasteiger charge is 2.14. The highest BCUT2D eigenvalue weighted by atomic mass is 16.5. The van der Waals surface area contributed by atoms with Crippen molar-refractivity contribution >= 4 is 5.97 Å². The van der Waals surface area contributed by atoms with Gasteiger partial charge in [0.25, 0.3) is 0 Å². The summed E-state index contributed by atoms with van der Waals surface area (Å²) < 4.78 is 20.5. The molecule has 1 heterocycles. The molecule has 0 saturated carbocycles. The quantitative estimate of drug-likeness (QED) is 0.613. The second-order valence-electron chi connectivity index (χ2n) is 5.50. The maximum Gasteiger partial charge on any atom is 0.341 e. The first-order valence-electron chi connectivity index (χ1n) is 7.99. The molecule has 2 rings (SSSR count). The van der Waals surface area contributed by atoms with Crippen molar-refractivity contribution in [1.82, 2.24) is 0 Å². The minimum absolute atomic E-state index is 0.229. The third kappa shape index (κ3) is 5.90. The molecule has 1 aromatic heterocycles. The van der Waals surface area contributed by atoms with Gasteiger partial charge in [-0.1, -0.05) is 0 Å². The van der Waals surface area contributed by atoms with E-state index in [-0.39, 0.29) is 6.61 Å². The van der Waals surface area contributed by atoms with E-state index in [2.05, 4.69) is 0 Å². The molecule has 1 aromatic carbocycles. The maximum absolute atomic E-state index is 11.8. The Morgan fingerprint density at radius 3 is 2.84 bits per heavy atom. The molecule has 0 fully saturated rings. The number of methoxy groups -OCH3 is 2. The van der Waals surface area contributed by atoms with E-state index in [1.165, 1.54) is 14.2 Å². The number of benzene rings is 1. The van der Waals surface area contributed by atoms with Gasteiger partial charge in [-0.3, -0.25) is 0 Å². The Morgan fingerprint density at radius 1 is 1.32 bits per heavy atom. The number of hydrogen-bond acceptors (Lipinski definition) is 6. The van der Waals surface area contributed by atoms with Gasteiger partial charge in [-0.25, -0.2) is 4.79 Å². The lowest BCUT2D eigenvalue weighted by atomic mass is 10.1. The van der Waals surface area contributed by atoms with Crippen LogP contribution in [0.2, 0.25) is 0 Å². The number of rotatable bonds is 10. The van der Waals surface area contributed by atoms with Crippen LogP contribution >= 0.6 is 0 Å². The molecule has 25 heavy (non-hydrogen) atoms. The summed E-state index contributed by atoms with van der Waals surface area (Å²) in [5.41, 5.74) is 1.32. The third-order valence-electron chi connectivity index (χ3n) is 3.62. The standard InChI is InChI=1S/C18H23NO6/c1-22-17-6-5-13(8-16(17)18(21)23-2)9-19-10-14(20)11-24-12-15-4-3-7-25-15/h3-8,14,19-20H,9-12H2,1-2H3/p+1/t14-/m1/s1. The van der Waals surface area contributed by atoms with Crippen LogP contribution in [0.4, 0.5) is 0 Å². The second kappa shape index (κ2) is 9.83. The summed E-state index contributed by atoms with van der Waals surface area (Å²) in [5.74, 6) is 0.761. The van der Waals surface area contributed by atoms with Crippen LogP contribution < -0.4 is 10.1 Å². The number of nitrogens with two attached hydrogens (primary N) is 1. The molecule has 7 heteroatoms. The summed E-state index contributed by atoms with van der Waals surface area (Å²) >= 11 is 0. The van der Waals surface area contributed by atoms with Crippen LogP contribution in [0.3, 0.4) is 0 Å². The average Bonchev–Trinajstić information content (AvgIpc) is 3.14. The van der Waals surface area contributed by atoms with Crippen molar-refractivity contribution in [3.63, 3.8) is 0 Å². The number of quaternary nitrogens is 1. The lowest BCUT2D eigenvalue weighted by Crippen LogP contribution is -2.85. The van der Waals surface area contributed by atoms with Crippen LogP contribution in [0.5, 0.6) is 5.75 Å². The number of esters is 1. The predicted molar refractivity (Wildman–Crippen MR) is 89.2 cm³/mol. The minimum atomic E-state index is -0.590. The number of furan rings is 1. The van der Waals surface area contributed by atoms with Crippen LogP contribution in [0.25, 0.3) is 0 Å². The first kappa shape index (κ1) is 19.0. The van der Waals surface area contributed by atoms with Gasteiger partial charge in [-0.05, 0) is 30.3 Å². The molecule has 0 bridgehead atoms. The van der Waals surface area contributed by atoms with E-state index in [0.29, 0.717) is 31.0 Å². The Labute approximate surface area is 146 Å². The van der Waals surface area contributed by atoms with Crippen molar-refractivity contribution in [3.8, 4) is 5.75 Å². The Bertz CT molecular complexity index is 656. The molecular formula is C18H24NO6+. The molecule has 0 saturated heterocycles. The molecule has 2 aromatic rings. The second-order valence-corrected chi connectivity index (χ2v) is 5.50. The summed E-state index contributed by atoms with van der Waals surface area (Å²) in [6.07, 6.45) is 0.994. The van der Waals surface area contributed by atoms with Crippen molar-refractivity contribution in [2.45, 2.75) is 19.3 Å². The van der Waals surface area contributed by atoms with E-state index in [1.54, 1.807) is 24.5 Å². The molecule has 0 aliphatic rings. The number of carbonyl (C=O) groups is 1. The molecular weight excluding hydrogens is 326 g/mol. The predicted octanol–water partition coefficient (Wildman–Crippen LogP) is 0.716. The van der Waals surface area contributed by atoms with Gasteiger partial charge < -0.3 is 29.1 Å². The Hall–Kier alpha value is -2.35. The molecule has 136 valence electrons. The molecule has 0 spiro atoms. The zero-order valence-electron chi connectivity index (χ0n) is 14.4. The lowest BCUT2D eigenvalue weighted by molar-refractivity contribution is -0.676. The van der Waals surface area contributed by atoms with Gasteiger partial charge in [0.1, 0.15) is 42.9 Å². The highest BCUT2D eigenvalue weighted by Crippen LogP contribution is 2.20. The zero-order chi connectivity index (χ0) is 18.1. The first-order chi connectivity index (χ1) is 12.1. The number of aliphatic hydroxyl groups excluding tert-OH is 1. The molecule has 0 amide bonds. The highest BCUT2D eigenvalue weighted by molar-refractivity contribution is 5.92. The molecule has 1 atom stereocenters. The zero-order valence-corrected chi connectivity index (χ0v) is 14.4. The summed E-state index contributed by atoms with van der Waals surface area (Å²) in [6.45, 7) is 1.67. The van der Waals surface area contributed by atoms with Crippen LogP contribution in [-0.4, -0.2) is 44.6 Å². The van der Waals surface area contributed by atoms with Crippen molar-refractivity contribution < 1.29 is 33.8 Å². The monoisotopic (exact) mass is 350 g/mol. The van der Waals surface area contributed by atoms with Crippen molar-refractivity contribution in [1.29, 1.82) is 0 Å². The third-order valence-corrected chi connectivity index (χ3v) is 3.62. The fourth-order valence-electron chi connectivity index (χ4n) is 2.35. The van der Waals surface area contributed by atoms with Crippen LogP contribution in [0.15, 0.2) is 41.0 Å². The summed E-state index contributed by atoms with van der Waals surface area (Å²) in [4.78, 5) is 11.8. The van der Waals surface area contributed by atoms with Crippen LogP contribution in [-0.2, 0) is 22.6 Å². The molecule has 0 aliphatic carbocycles. The van der Waals surface area contributed by atoms with Crippen LogP contribution in [0, 0.1) is 0 Å². The maximum atomic E-state index is 11.8. The van der Waals surface area contributed by atoms with E-state index in [9.17, 15) is 9.90 Å².